The molecule has 2 nitrogen and oxygen atoms in total. The fourth-order valence-corrected chi connectivity index (χ4v) is 1.72. The van der Waals surface area contributed by atoms with Crippen molar-refractivity contribution >= 4 is 0 Å². The number of rotatable bonds is 0. The molecule has 1 unspecified atom stereocenters. The summed E-state index contributed by atoms with van der Waals surface area (Å²) in [5, 5.41) is 3.15. The highest BCUT2D eigenvalue weighted by atomic mass is 19.1. The third kappa shape index (κ3) is 0.935. The summed E-state index contributed by atoms with van der Waals surface area (Å²) in [5.41, 5.74) is 0.164. The lowest BCUT2D eigenvalue weighted by molar-refractivity contribution is -0.0754. The first-order valence-electron chi connectivity index (χ1n) is 3.73. The number of hydrogen-bond acceptors (Lipinski definition) is 2. The summed E-state index contributed by atoms with van der Waals surface area (Å²) in [6.45, 7) is 2.93. The van der Waals surface area contributed by atoms with Crippen LogP contribution in [-0.2, 0) is 4.74 Å². The first-order valence-corrected chi connectivity index (χ1v) is 3.73. The fraction of sp³-hybridized carbons (Fsp3) is 1.00. The molecule has 0 saturated carbocycles. The van der Waals surface area contributed by atoms with Crippen LogP contribution >= 0.6 is 0 Å². The third-order valence-electron chi connectivity index (χ3n) is 2.36. The normalized spacial score (nSPS) is 37.5. The maximum Gasteiger partial charge on any atom is 0.124 e. The Bertz CT molecular complexity index is 136. The second kappa shape index (κ2) is 2.17. The minimum atomic E-state index is -0.726. The molecular weight excluding hydrogens is 133 g/mol. The summed E-state index contributed by atoms with van der Waals surface area (Å²) in [4.78, 5) is 0. The maximum absolute atomic E-state index is 12.7. The van der Waals surface area contributed by atoms with Crippen molar-refractivity contribution in [3.05, 3.63) is 0 Å². The number of ether oxygens (including phenoxy) is 1. The smallest absolute Gasteiger partial charge is 0.124 e. The van der Waals surface area contributed by atoms with Crippen LogP contribution in [0.5, 0.6) is 0 Å². The number of halogens is 1. The van der Waals surface area contributed by atoms with Gasteiger partial charge in [0, 0.05) is 18.5 Å². The van der Waals surface area contributed by atoms with E-state index < -0.39 is 6.17 Å². The minimum Gasteiger partial charge on any atom is -0.378 e. The second-order valence-corrected chi connectivity index (χ2v) is 3.42. The second-order valence-electron chi connectivity index (χ2n) is 3.42. The highest BCUT2D eigenvalue weighted by molar-refractivity contribution is 4.95. The van der Waals surface area contributed by atoms with E-state index in [-0.39, 0.29) is 5.41 Å². The zero-order chi connectivity index (χ0) is 7.03. The molecule has 1 N–H and O–H groups in total. The van der Waals surface area contributed by atoms with Gasteiger partial charge in [0.1, 0.15) is 6.17 Å². The molecule has 2 heterocycles. The molecule has 58 valence electrons. The Kier molecular flexibility index (Phi) is 1.42. The first kappa shape index (κ1) is 6.55. The van der Waals surface area contributed by atoms with Gasteiger partial charge in [-0.2, -0.15) is 0 Å². The standard InChI is InChI=1S/C7H12FNO/c8-6-1-7(3-9-4-7)5-10-2-6/h6,9H,1-5H2. The van der Waals surface area contributed by atoms with Crippen LogP contribution in [0.1, 0.15) is 6.42 Å². The van der Waals surface area contributed by atoms with Gasteiger partial charge in [-0.25, -0.2) is 4.39 Å². The van der Waals surface area contributed by atoms with Crippen molar-refractivity contribution in [2.75, 3.05) is 26.3 Å². The van der Waals surface area contributed by atoms with E-state index in [0.29, 0.717) is 13.0 Å². The zero-order valence-electron chi connectivity index (χ0n) is 5.90. The van der Waals surface area contributed by atoms with Crippen LogP contribution in [0.15, 0.2) is 0 Å². The molecule has 0 aromatic rings. The van der Waals surface area contributed by atoms with Crippen molar-refractivity contribution in [1.29, 1.82) is 0 Å². The molecule has 0 aromatic heterocycles. The van der Waals surface area contributed by atoms with Gasteiger partial charge >= 0.3 is 0 Å². The summed E-state index contributed by atoms with van der Waals surface area (Å²) in [5.74, 6) is 0. The lowest BCUT2D eigenvalue weighted by atomic mass is 9.77. The van der Waals surface area contributed by atoms with Gasteiger partial charge in [-0.1, -0.05) is 0 Å². The lowest BCUT2D eigenvalue weighted by Crippen LogP contribution is -2.59. The van der Waals surface area contributed by atoms with E-state index in [2.05, 4.69) is 5.32 Å². The summed E-state index contributed by atoms with van der Waals surface area (Å²) < 4.78 is 17.9. The van der Waals surface area contributed by atoms with Gasteiger partial charge in [0.05, 0.1) is 13.2 Å². The third-order valence-corrected chi connectivity index (χ3v) is 2.36. The number of nitrogens with one attached hydrogen (secondary N) is 1. The van der Waals surface area contributed by atoms with E-state index in [9.17, 15) is 4.39 Å². The summed E-state index contributed by atoms with van der Waals surface area (Å²) in [6, 6.07) is 0. The summed E-state index contributed by atoms with van der Waals surface area (Å²) in [7, 11) is 0. The van der Waals surface area contributed by atoms with Gasteiger partial charge in [-0.15, -0.1) is 0 Å². The van der Waals surface area contributed by atoms with E-state index in [4.69, 9.17) is 4.74 Å². The predicted molar refractivity (Wildman–Crippen MR) is 35.6 cm³/mol. The Morgan fingerprint density at radius 1 is 1.50 bits per heavy atom. The molecule has 0 bridgehead atoms. The predicted octanol–water partition coefficient (Wildman–Crippen LogP) is 0.334. The Morgan fingerprint density at radius 2 is 2.30 bits per heavy atom. The largest absolute Gasteiger partial charge is 0.378 e. The Balaban J connectivity index is 1.96. The average molecular weight is 145 g/mol. The topological polar surface area (TPSA) is 21.3 Å². The Hall–Kier alpha value is -0.150. The van der Waals surface area contributed by atoms with Gasteiger partial charge in [-0.3, -0.25) is 0 Å². The molecule has 2 aliphatic rings. The molecule has 2 saturated heterocycles. The van der Waals surface area contributed by atoms with E-state index in [1.807, 2.05) is 0 Å². The van der Waals surface area contributed by atoms with E-state index in [0.717, 1.165) is 19.7 Å². The highest BCUT2D eigenvalue weighted by Gasteiger charge is 2.42. The van der Waals surface area contributed by atoms with Gasteiger partial charge < -0.3 is 10.1 Å². The van der Waals surface area contributed by atoms with Crippen molar-refractivity contribution in [3.63, 3.8) is 0 Å². The van der Waals surface area contributed by atoms with Crippen molar-refractivity contribution < 1.29 is 9.13 Å². The molecule has 2 fully saturated rings. The molecule has 0 aliphatic carbocycles. The summed E-state index contributed by atoms with van der Waals surface area (Å²) in [6.07, 6.45) is -0.0316. The highest BCUT2D eigenvalue weighted by Crippen LogP contribution is 2.33. The average Bonchev–Trinajstić information content (AvgIpc) is 1.85. The Morgan fingerprint density at radius 3 is 2.70 bits per heavy atom. The molecule has 2 rings (SSSR count). The first-order chi connectivity index (χ1) is 4.81. The van der Waals surface area contributed by atoms with Gasteiger partial charge in [-0.05, 0) is 6.42 Å². The maximum atomic E-state index is 12.7. The van der Waals surface area contributed by atoms with E-state index in [1.165, 1.54) is 0 Å². The van der Waals surface area contributed by atoms with Crippen molar-refractivity contribution in [2.45, 2.75) is 12.6 Å². The molecule has 0 aromatic carbocycles. The van der Waals surface area contributed by atoms with Crippen molar-refractivity contribution in [3.8, 4) is 0 Å². The van der Waals surface area contributed by atoms with Crippen molar-refractivity contribution in [2.24, 2.45) is 5.41 Å². The van der Waals surface area contributed by atoms with Crippen LogP contribution in [-0.4, -0.2) is 32.5 Å². The van der Waals surface area contributed by atoms with Crippen LogP contribution < -0.4 is 5.32 Å². The van der Waals surface area contributed by atoms with Crippen LogP contribution in [0.3, 0.4) is 0 Å². The Labute approximate surface area is 59.7 Å². The van der Waals surface area contributed by atoms with Crippen LogP contribution in [0.25, 0.3) is 0 Å². The van der Waals surface area contributed by atoms with E-state index >= 15 is 0 Å². The van der Waals surface area contributed by atoms with Crippen molar-refractivity contribution in [1.82, 2.24) is 5.32 Å². The monoisotopic (exact) mass is 145 g/mol. The molecule has 0 radical (unpaired) electrons. The molecule has 1 atom stereocenters. The van der Waals surface area contributed by atoms with Crippen LogP contribution in [0.2, 0.25) is 0 Å². The fourth-order valence-electron chi connectivity index (χ4n) is 1.72. The molecule has 1 spiro atoms. The van der Waals surface area contributed by atoms with Crippen LogP contribution in [0.4, 0.5) is 4.39 Å². The molecule has 10 heavy (non-hydrogen) atoms. The molecule has 2 aliphatic heterocycles. The number of alkyl halides is 1. The lowest BCUT2D eigenvalue weighted by Gasteiger charge is -2.45. The van der Waals surface area contributed by atoms with Gasteiger partial charge in [0.25, 0.3) is 0 Å². The van der Waals surface area contributed by atoms with Crippen LogP contribution in [0, 0.1) is 5.41 Å². The minimum absolute atomic E-state index is 0.164. The van der Waals surface area contributed by atoms with E-state index in [1.54, 1.807) is 0 Å². The molecule has 0 amide bonds. The molecule has 3 heteroatoms. The molecular formula is C7H12FNO. The van der Waals surface area contributed by atoms with Gasteiger partial charge in [0.2, 0.25) is 0 Å². The zero-order valence-corrected chi connectivity index (χ0v) is 5.90. The van der Waals surface area contributed by atoms with Gasteiger partial charge in [0.15, 0.2) is 0 Å². The SMILES string of the molecule is FC1COCC2(CNC2)C1. The number of hydrogen-bond donors (Lipinski definition) is 1. The summed E-state index contributed by atoms with van der Waals surface area (Å²) >= 11 is 0. The quantitative estimate of drug-likeness (QED) is 0.530.